The molecule has 0 radical (unpaired) electrons. The van der Waals surface area contributed by atoms with Crippen LogP contribution in [0.2, 0.25) is 0 Å². The summed E-state index contributed by atoms with van der Waals surface area (Å²) in [5.74, 6) is 0.00705. The molecule has 0 unspecified atom stereocenters. The van der Waals surface area contributed by atoms with Crippen LogP contribution in [0.5, 0.6) is 0 Å². The van der Waals surface area contributed by atoms with Gasteiger partial charge in [0.15, 0.2) is 5.78 Å². The first kappa shape index (κ1) is 11.0. The molecule has 1 aromatic carbocycles. The summed E-state index contributed by atoms with van der Waals surface area (Å²) in [6, 6.07) is 5.59. The van der Waals surface area contributed by atoms with Crippen molar-refractivity contribution >= 4 is 17.2 Å². The highest BCUT2D eigenvalue weighted by atomic mass is 16.5. The van der Waals surface area contributed by atoms with Gasteiger partial charge in [-0.25, -0.2) is 0 Å². The molecule has 0 spiro atoms. The fourth-order valence-electron chi connectivity index (χ4n) is 1.94. The van der Waals surface area contributed by atoms with Crippen LogP contribution < -0.4 is 10.6 Å². The third-order valence-electron chi connectivity index (χ3n) is 2.81. The van der Waals surface area contributed by atoms with Gasteiger partial charge >= 0.3 is 0 Å². The molecule has 1 aliphatic rings. The maximum Gasteiger partial charge on any atom is 0.161 e. The number of anilines is 2. The monoisotopic (exact) mass is 220 g/mol. The number of ether oxygens (including phenoxy) is 1. The molecule has 2 rings (SSSR count). The van der Waals surface area contributed by atoms with Crippen LogP contribution in [0.25, 0.3) is 0 Å². The third-order valence-corrected chi connectivity index (χ3v) is 2.81. The van der Waals surface area contributed by atoms with Gasteiger partial charge in [-0.15, -0.1) is 0 Å². The second kappa shape index (κ2) is 4.53. The van der Waals surface area contributed by atoms with Crippen molar-refractivity contribution in [2.45, 2.75) is 6.92 Å². The van der Waals surface area contributed by atoms with E-state index in [1.54, 1.807) is 6.07 Å². The number of para-hydroxylation sites is 1. The minimum Gasteiger partial charge on any atom is -0.396 e. The van der Waals surface area contributed by atoms with Crippen LogP contribution in [0.1, 0.15) is 17.3 Å². The minimum atomic E-state index is 0.00705. The average Bonchev–Trinajstić information content (AvgIpc) is 2.30. The van der Waals surface area contributed by atoms with E-state index in [0.29, 0.717) is 24.5 Å². The lowest BCUT2D eigenvalue weighted by atomic mass is 10.1. The Labute approximate surface area is 95.0 Å². The van der Waals surface area contributed by atoms with Gasteiger partial charge in [-0.05, 0) is 19.1 Å². The van der Waals surface area contributed by atoms with Gasteiger partial charge in [0.05, 0.1) is 24.6 Å². The fourth-order valence-corrected chi connectivity index (χ4v) is 1.94. The van der Waals surface area contributed by atoms with Crippen molar-refractivity contribution in [2.75, 3.05) is 36.9 Å². The summed E-state index contributed by atoms with van der Waals surface area (Å²) >= 11 is 0. The van der Waals surface area contributed by atoms with Gasteiger partial charge in [0, 0.05) is 18.7 Å². The number of carbonyl (C=O) groups excluding carboxylic acids is 1. The van der Waals surface area contributed by atoms with Crippen LogP contribution >= 0.6 is 0 Å². The normalized spacial score (nSPS) is 16.2. The van der Waals surface area contributed by atoms with Gasteiger partial charge in [0.25, 0.3) is 0 Å². The molecule has 1 aliphatic heterocycles. The Morgan fingerprint density at radius 2 is 2.06 bits per heavy atom. The number of morpholine rings is 1. The van der Waals surface area contributed by atoms with Gasteiger partial charge in [0.1, 0.15) is 0 Å². The van der Waals surface area contributed by atoms with Gasteiger partial charge < -0.3 is 15.4 Å². The molecule has 1 aromatic rings. The highest BCUT2D eigenvalue weighted by Crippen LogP contribution is 2.27. The lowest BCUT2D eigenvalue weighted by Crippen LogP contribution is -2.36. The van der Waals surface area contributed by atoms with E-state index in [-0.39, 0.29) is 5.78 Å². The minimum absolute atomic E-state index is 0.00705. The van der Waals surface area contributed by atoms with E-state index in [1.165, 1.54) is 6.92 Å². The van der Waals surface area contributed by atoms with Crippen LogP contribution in [-0.2, 0) is 4.74 Å². The molecule has 1 fully saturated rings. The number of nitrogen functional groups attached to an aromatic ring is 1. The molecule has 4 heteroatoms. The Hall–Kier alpha value is -1.55. The second-order valence-electron chi connectivity index (χ2n) is 3.89. The summed E-state index contributed by atoms with van der Waals surface area (Å²) in [6.45, 7) is 4.61. The average molecular weight is 220 g/mol. The smallest absolute Gasteiger partial charge is 0.161 e. The molecule has 0 atom stereocenters. The van der Waals surface area contributed by atoms with Crippen molar-refractivity contribution in [3.05, 3.63) is 23.8 Å². The van der Waals surface area contributed by atoms with E-state index >= 15 is 0 Å². The Kier molecular flexibility index (Phi) is 3.10. The lowest BCUT2D eigenvalue weighted by Gasteiger charge is -2.30. The molecular weight excluding hydrogens is 204 g/mol. The Bertz CT molecular complexity index is 398. The topological polar surface area (TPSA) is 55.6 Å². The molecule has 0 aromatic heterocycles. The van der Waals surface area contributed by atoms with E-state index in [2.05, 4.69) is 4.90 Å². The van der Waals surface area contributed by atoms with E-state index in [0.717, 1.165) is 18.8 Å². The Morgan fingerprint density at radius 1 is 1.38 bits per heavy atom. The number of hydrogen-bond donors (Lipinski definition) is 1. The highest BCUT2D eigenvalue weighted by Gasteiger charge is 2.16. The number of carbonyl (C=O) groups is 1. The number of rotatable bonds is 2. The van der Waals surface area contributed by atoms with Crippen LogP contribution in [-0.4, -0.2) is 32.1 Å². The SMILES string of the molecule is CC(=O)c1cccc(N2CCOCC2)c1N. The third kappa shape index (κ3) is 2.02. The van der Waals surface area contributed by atoms with E-state index in [4.69, 9.17) is 10.5 Å². The van der Waals surface area contributed by atoms with Gasteiger partial charge in [-0.3, -0.25) is 4.79 Å². The van der Waals surface area contributed by atoms with Crippen LogP contribution in [0.3, 0.4) is 0 Å². The predicted molar refractivity (Wildman–Crippen MR) is 63.9 cm³/mol. The summed E-state index contributed by atoms with van der Waals surface area (Å²) in [6.07, 6.45) is 0. The van der Waals surface area contributed by atoms with Crippen molar-refractivity contribution in [3.8, 4) is 0 Å². The summed E-state index contributed by atoms with van der Waals surface area (Å²) in [5.41, 5.74) is 8.13. The van der Waals surface area contributed by atoms with Crippen molar-refractivity contribution in [2.24, 2.45) is 0 Å². The zero-order valence-corrected chi connectivity index (χ0v) is 9.40. The maximum absolute atomic E-state index is 11.4. The Balaban J connectivity index is 2.33. The van der Waals surface area contributed by atoms with E-state index in [9.17, 15) is 4.79 Å². The number of benzene rings is 1. The molecule has 4 nitrogen and oxygen atoms in total. The summed E-state index contributed by atoms with van der Waals surface area (Å²) in [4.78, 5) is 13.5. The van der Waals surface area contributed by atoms with Crippen LogP contribution in [0.4, 0.5) is 11.4 Å². The fraction of sp³-hybridized carbons (Fsp3) is 0.417. The molecule has 0 bridgehead atoms. The largest absolute Gasteiger partial charge is 0.396 e. The first-order valence-electron chi connectivity index (χ1n) is 5.42. The van der Waals surface area contributed by atoms with Crippen molar-refractivity contribution in [1.29, 1.82) is 0 Å². The van der Waals surface area contributed by atoms with E-state index < -0.39 is 0 Å². The van der Waals surface area contributed by atoms with Gasteiger partial charge in [-0.1, -0.05) is 6.07 Å². The zero-order chi connectivity index (χ0) is 11.5. The number of ketones is 1. The second-order valence-corrected chi connectivity index (χ2v) is 3.89. The van der Waals surface area contributed by atoms with Crippen molar-refractivity contribution in [1.82, 2.24) is 0 Å². The first-order valence-corrected chi connectivity index (χ1v) is 5.42. The molecule has 86 valence electrons. The van der Waals surface area contributed by atoms with E-state index in [1.807, 2.05) is 12.1 Å². The number of nitrogens with zero attached hydrogens (tertiary/aromatic N) is 1. The summed E-state index contributed by atoms with van der Waals surface area (Å²) in [5, 5.41) is 0. The molecule has 0 saturated carbocycles. The highest BCUT2D eigenvalue weighted by molar-refractivity contribution is 6.01. The van der Waals surface area contributed by atoms with Crippen molar-refractivity contribution in [3.63, 3.8) is 0 Å². The van der Waals surface area contributed by atoms with Gasteiger partial charge in [0.2, 0.25) is 0 Å². The molecule has 0 amide bonds. The summed E-state index contributed by atoms with van der Waals surface area (Å²) in [7, 11) is 0. The lowest BCUT2D eigenvalue weighted by molar-refractivity contribution is 0.101. The standard InChI is InChI=1S/C12H16N2O2/c1-9(15)10-3-2-4-11(12(10)13)14-5-7-16-8-6-14/h2-4H,5-8,13H2,1H3. The molecule has 2 N–H and O–H groups in total. The molecule has 1 saturated heterocycles. The number of hydrogen-bond acceptors (Lipinski definition) is 4. The molecule has 1 heterocycles. The molecule has 16 heavy (non-hydrogen) atoms. The van der Waals surface area contributed by atoms with Crippen LogP contribution in [0, 0.1) is 0 Å². The molecule has 0 aliphatic carbocycles. The molecular formula is C12H16N2O2. The first-order chi connectivity index (χ1) is 7.70. The number of Topliss-reactive ketones (excluding diaryl/α,β-unsaturated/α-hetero) is 1. The van der Waals surface area contributed by atoms with Crippen molar-refractivity contribution < 1.29 is 9.53 Å². The zero-order valence-electron chi connectivity index (χ0n) is 9.40. The van der Waals surface area contributed by atoms with Gasteiger partial charge in [-0.2, -0.15) is 0 Å². The predicted octanol–water partition coefficient (Wildman–Crippen LogP) is 1.31. The summed E-state index contributed by atoms with van der Waals surface area (Å²) < 4.78 is 5.29. The Morgan fingerprint density at radius 3 is 2.69 bits per heavy atom. The van der Waals surface area contributed by atoms with Crippen LogP contribution in [0.15, 0.2) is 18.2 Å². The maximum atomic E-state index is 11.4. The quantitative estimate of drug-likeness (QED) is 0.603. The number of nitrogens with two attached hydrogens (primary N) is 1.